The molecule has 2 unspecified atom stereocenters. The van der Waals surface area contributed by atoms with Gasteiger partial charge in [0.1, 0.15) is 17.3 Å². The van der Waals surface area contributed by atoms with Crippen LogP contribution in [-0.2, 0) is 29.5 Å². The van der Waals surface area contributed by atoms with Crippen molar-refractivity contribution in [1.29, 1.82) is 0 Å². The van der Waals surface area contributed by atoms with Crippen molar-refractivity contribution in [2.45, 2.75) is 76.3 Å². The highest BCUT2D eigenvalue weighted by Crippen LogP contribution is 2.48. The van der Waals surface area contributed by atoms with Crippen LogP contribution in [0.5, 0.6) is 0 Å². The smallest absolute Gasteiger partial charge is 0.318 e. The number of likely N-dealkylation sites (N-methyl/N-ethyl adjacent to an activating group) is 1. The number of urea groups is 1. The van der Waals surface area contributed by atoms with Crippen molar-refractivity contribution >= 4 is 29.4 Å². The molecular formula is C32H43N7O4. The number of carbonyl (C=O) groups excluding carboxylic acids is 4. The summed E-state index contributed by atoms with van der Waals surface area (Å²) in [7, 11) is 3.32. The minimum Gasteiger partial charge on any atom is -0.357 e. The fourth-order valence-corrected chi connectivity index (χ4v) is 7.60. The number of anilines is 1. The van der Waals surface area contributed by atoms with Crippen molar-refractivity contribution in [3.05, 3.63) is 47.3 Å². The van der Waals surface area contributed by atoms with Gasteiger partial charge >= 0.3 is 6.03 Å². The maximum Gasteiger partial charge on any atom is 0.318 e. The van der Waals surface area contributed by atoms with Crippen molar-refractivity contribution in [2.24, 2.45) is 24.3 Å². The van der Waals surface area contributed by atoms with Crippen LogP contribution in [0.15, 0.2) is 30.5 Å². The van der Waals surface area contributed by atoms with Gasteiger partial charge in [0.05, 0.1) is 0 Å². The first kappa shape index (κ1) is 29.2. The Bertz CT molecular complexity index is 1430. The molecule has 2 aromatic rings. The molecular weight excluding hydrogens is 546 g/mol. The first-order valence-electron chi connectivity index (χ1n) is 15.6. The molecule has 2 heterocycles. The molecule has 3 atom stereocenters. The van der Waals surface area contributed by atoms with Gasteiger partial charge in [-0.25, -0.2) is 4.79 Å². The zero-order valence-corrected chi connectivity index (χ0v) is 25.4. The van der Waals surface area contributed by atoms with Gasteiger partial charge in [0.25, 0.3) is 5.91 Å². The number of hydrogen-bond acceptors (Lipinski definition) is 5. The number of aromatic nitrogens is 2. The number of benzene rings is 1. The molecule has 5 amide bonds. The Kier molecular flexibility index (Phi) is 7.68. The molecule has 230 valence electrons. The predicted molar refractivity (Wildman–Crippen MR) is 161 cm³/mol. The van der Waals surface area contributed by atoms with Gasteiger partial charge in [-0.05, 0) is 66.8 Å². The van der Waals surface area contributed by atoms with Crippen LogP contribution in [0, 0.1) is 17.3 Å². The van der Waals surface area contributed by atoms with Crippen LogP contribution < -0.4 is 21.3 Å². The molecule has 0 spiro atoms. The van der Waals surface area contributed by atoms with E-state index in [9.17, 15) is 19.2 Å². The lowest BCUT2D eigenvalue weighted by molar-refractivity contribution is -0.132. The van der Waals surface area contributed by atoms with Crippen molar-refractivity contribution in [3.8, 4) is 0 Å². The first-order valence-corrected chi connectivity index (χ1v) is 15.6. The number of rotatable bonds is 8. The maximum absolute atomic E-state index is 13.7. The highest BCUT2D eigenvalue weighted by atomic mass is 16.2. The molecule has 11 heteroatoms. The van der Waals surface area contributed by atoms with Gasteiger partial charge in [-0.1, -0.05) is 32.3 Å². The average molecular weight is 590 g/mol. The minimum atomic E-state index is -1.04. The number of hydrogen-bond donors (Lipinski definition) is 4. The van der Waals surface area contributed by atoms with E-state index in [1.165, 1.54) is 4.68 Å². The quantitative estimate of drug-likeness (QED) is 0.375. The third-order valence-electron chi connectivity index (χ3n) is 10.3. The lowest BCUT2D eigenvalue weighted by atomic mass is 9.80. The van der Waals surface area contributed by atoms with E-state index in [-0.39, 0.29) is 35.1 Å². The summed E-state index contributed by atoms with van der Waals surface area (Å²) in [5, 5.41) is 16.0. The van der Waals surface area contributed by atoms with Crippen LogP contribution in [0.2, 0.25) is 0 Å². The maximum atomic E-state index is 13.7. The monoisotopic (exact) mass is 589 g/mol. The molecule has 0 bridgehead atoms. The molecule has 1 aromatic carbocycles. The Balaban J connectivity index is 1.22. The van der Waals surface area contributed by atoms with Crippen LogP contribution >= 0.6 is 0 Å². The van der Waals surface area contributed by atoms with Gasteiger partial charge in [-0.3, -0.25) is 19.1 Å². The molecule has 1 aliphatic heterocycles. The summed E-state index contributed by atoms with van der Waals surface area (Å²) in [6.45, 7) is 3.37. The highest BCUT2D eigenvalue weighted by Gasteiger charge is 2.55. The topological polar surface area (TPSA) is 137 Å². The third kappa shape index (κ3) is 5.49. The number of fused-ring (bicyclic) bond motifs is 1. The second kappa shape index (κ2) is 11.3. The number of carbonyl (C=O) groups is 4. The molecule has 2 saturated carbocycles. The van der Waals surface area contributed by atoms with Crippen LogP contribution in [0.4, 0.5) is 10.5 Å². The molecule has 1 saturated heterocycles. The minimum absolute atomic E-state index is 0.0413. The summed E-state index contributed by atoms with van der Waals surface area (Å²) in [4.78, 5) is 55.4. The molecule has 6 rings (SSSR count). The summed E-state index contributed by atoms with van der Waals surface area (Å²) in [6.07, 6.45) is 9.59. The Morgan fingerprint density at radius 3 is 2.47 bits per heavy atom. The van der Waals surface area contributed by atoms with E-state index in [2.05, 4.69) is 33.3 Å². The number of nitrogens with zero attached hydrogens (tertiary/aromatic N) is 3. The van der Waals surface area contributed by atoms with Gasteiger partial charge in [0.2, 0.25) is 11.8 Å². The fourth-order valence-electron chi connectivity index (χ4n) is 7.60. The summed E-state index contributed by atoms with van der Waals surface area (Å²) in [5.74, 6) is -0.167. The number of nitrogens with one attached hydrogen (secondary N) is 4. The van der Waals surface area contributed by atoms with E-state index < -0.39 is 11.6 Å². The zero-order valence-electron chi connectivity index (χ0n) is 25.4. The van der Waals surface area contributed by atoms with Crippen molar-refractivity contribution in [2.75, 3.05) is 25.5 Å². The van der Waals surface area contributed by atoms with Gasteiger partial charge in [0, 0.05) is 57.3 Å². The van der Waals surface area contributed by atoms with Gasteiger partial charge in [-0.15, -0.1) is 0 Å². The average Bonchev–Trinajstić information content (AvgIpc) is 3.68. The molecule has 3 aliphatic carbocycles. The Hall–Kier alpha value is -3.89. The van der Waals surface area contributed by atoms with E-state index in [4.69, 9.17) is 0 Å². The van der Waals surface area contributed by atoms with Gasteiger partial charge in [0.15, 0.2) is 0 Å². The molecule has 11 nitrogen and oxygen atoms in total. The summed E-state index contributed by atoms with van der Waals surface area (Å²) < 4.78 is 1.50. The highest BCUT2D eigenvalue weighted by molar-refractivity contribution is 6.01. The Morgan fingerprint density at radius 2 is 1.79 bits per heavy atom. The van der Waals surface area contributed by atoms with Crippen LogP contribution in [0.3, 0.4) is 0 Å². The van der Waals surface area contributed by atoms with Crippen molar-refractivity contribution in [1.82, 2.24) is 30.6 Å². The largest absolute Gasteiger partial charge is 0.357 e. The molecule has 0 radical (unpaired) electrons. The van der Waals surface area contributed by atoms with Crippen molar-refractivity contribution < 1.29 is 19.2 Å². The van der Waals surface area contributed by atoms with E-state index >= 15 is 0 Å². The predicted octanol–water partition coefficient (Wildman–Crippen LogP) is 2.76. The van der Waals surface area contributed by atoms with E-state index in [0.717, 1.165) is 56.1 Å². The molecule has 1 aromatic heterocycles. The van der Waals surface area contributed by atoms with Crippen molar-refractivity contribution in [3.63, 3.8) is 0 Å². The van der Waals surface area contributed by atoms with E-state index in [1.807, 2.05) is 18.2 Å². The normalized spacial score (nSPS) is 26.3. The third-order valence-corrected chi connectivity index (χ3v) is 10.3. The molecule has 3 fully saturated rings. The second-order valence-electron chi connectivity index (χ2n) is 13.3. The zero-order chi connectivity index (χ0) is 30.4. The second-order valence-corrected chi connectivity index (χ2v) is 13.3. The van der Waals surface area contributed by atoms with E-state index in [1.54, 1.807) is 31.3 Å². The van der Waals surface area contributed by atoms with Gasteiger partial charge in [-0.2, -0.15) is 5.10 Å². The summed E-state index contributed by atoms with van der Waals surface area (Å²) >= 11 is 0. The van der Waals surface area contributed by atoms with Crippen LogP contribution in [0.1, 0.15) is 73.5 Å². The molecule has 4 N–H and O–H groups in total. The standard InChI is InChI=1S/C32H43N7O4/c1-31(23-10-11-23)18-34-30(43)39(19-31)32(29(42)33-2)16-21-9-12-24(15-22(21)17-32)36-28(41)26(20-7-5-4-6-8-20)37-27(40)25-13-14-35-38(25)3/h9,12-15,20,23,26H,4-8,10-11,16-19H2,1-3H3,(H,33,42)(H,34,43)(H,36,41)(H,37,40)/t26-,31?,32?/m0/s1. The Morgan fingerprint density at radius 1 is 1.05 bits per heavy atom. The van der Waals surface area contributed by atoms with Gasteiger partial charge < -0.3 is 26.2 Å². The number of amides is 5. The molecule has 43 heavy (non-hydrogen) atoms. The number of aryl methyl sites for hydroxylation is 1. The van der Waals surface area contributed by atoms with Crippen LogP contribution in [0.25, 0.3) is 0 Å². The lowest BCUT2D eigenvalue weighted by Crippen LogP contribution is -2.69. The first-order chi connectivity index (χ1) is 20.6. The lowest BCUT2D eigenvalue weighted by Gasteiger charge is -2.48. The van der Waals surface area contributed by atoms with Crippen LogP contribution in [-0.4, -0.2) is 70.2 Å². The summed E-state index contributed by atoms with van der Waals surface area (Å²) in [6, 6.07) is 6.46. The van der Waals surface area contributed by atoms with E-state index in [0.29, 0.717) is 43.2 Å². The summed E-state index contributed by atoms with van der Waals surface area (Å²) in [5.41, 5.74) is 1.82. The Labute approximate surface area is 252 Å². The molecule has 4 aliphatic rings. The SMILES string of the molecule is CNC(=O)C1(N2CC(C)(C3CC3)CNC2=O)Cc2ccc(NC(=O)[C@@H](NC(=O)c3ccnn3C)C3CCCCC3)cc2C1. The fraction of sp³-hybridized carbons (Fsp3) is 0.594.